The molecule has 0 radical (unpaired) electrons. The van der Waals surface area contributed by atoms with E-state index in [1.807, 2.05) is 6.07 Å². The Balaban J connectivity index is 0.00000133. The van der Waals surface area contributed by atoms with Gasteiger partial charge in [-0.3, -0.25) is 0 Å². The topological polar surface area (TPSA) is 49.4 Å². The number of nitrogens with zero attached hydrogens (tertiary/aromatic N) is 1. The van der Waals surface area contributed by atoms with Crippen LogP contribution in [-0.2, 0) is 10.0 Å². The molecular weight excluding hydrogens is 284 g/mol. The zero-order chi connectivity index (χ0) is 12.6. The summed E-state index contributed by atoms with van der Waals surface area (Å²) in [5, 5.41) is 3.35. The Bertz CT molecular complexity index is 521. The number of piperidine rings is 1. The molecule has 4 nitrogen and oxygen atoms in total. The van der Waals surface area contributed by atoms with E-state index < -0.39 is 10.0 Å². The highest BCUT2D eigenvalue weighted by atomic mass is 35.5. The molecule has 2 fully saturated rings. The Morgan fingerprint density at radius 3 is 2.53 bits per heavy atom. The first-order chi connectivity index (χ1) is 8.68. The maximum Gasteiger partial charge on any atom is 0.243 e. The quantitative estimate of drug-likeness (QED) is 0.897. The van der Waals surface area contributed by atoms with Crippen molar-refractivity contribution in [3.05, 3.63) is 30.3 Å². The number of hydrogen-bond donors (Lipinski definition) is 1. The van der Waals surface area contributed by atoms with Crippen LogP contribution in [0.3, 0.4) is 0 Å². The Morgan fingerprint density at radius 1 is 1.11 bits per heavy atom. The van der Waals surface area contributed by atoms with Crippen LogP contribution >= 0.6 is 12.4 Å². The standard InChI is InChI=1S/C13H18N2O2S.ClH/c16-18(17,13-4-2-1-3-5-13)15-7-6-11-8-14-9-12(11)10-15;/h1-5,11-12,14H,6-10H2;1H. The molecule has 2 aliphatic rings. The second-order valence-corrected chi connectivity index (χ2v) is 7.08. The van der Waals surface area contributed by atoms with E-state index in [4.69, 9.17) is 0 Å². The SMILES string of the molecule is Cl.O=S(=O)(c1ccccc1)N1CCC2CNCC2C1. The van der Waals surface area contributed by atoms with Crippen LogP contribution in [0.4, 0.5) is 0 Å². The van der Waals surface area contributed by atoms with E-state index in [-0.39, 0.29) is 12.4 Å². The fourth-order valence-corrected chi connectivity index (χ4v) is 4.49. The van der Waals surface area contributed by atoms with Crippen molar-refractivity contribution in [2.75, 3.05) is 26.2 Å². The maximum absolute atomic E-state index is 12.5. The zero-order valence-electron chi connectivity index (χ0n) is 10.7. The van der Waals surface area contributed by atoms with Crippen molar-refractivity contribution in [3.8, 4) is 0 Å². The van der Waals surface area contributed by atoms with E-state index in [0.717, 1.165) is 19.5 Å². The first kappa shape index (κ1) is 14.8. The second kappa shape index (κ2) is 5.79. The Hall–Kier alpha value is -0.620. The summed E-state index contributed by atoms with van der Waals surface area (Å²) in [4.78, 5) is 0.411. The molecule has 0 aliphatic carbocycles. The van der Waals surface area contributed by atoms with Gasteiger partial charge in [-0.25, -0.2) is 8.42 Å². The van der Waals surface area contributed by atoms with Crippen LogP contribution in [0.15, 0.2) is 35.2 Å². The third-order valence-corrected chi connectivity index (χ3v) is 5.93. The summed E-state index contributed by atoms with van der Waals surface area (Å²) in [5.41, 5.74) is 0. The normalized spacial score (nSPS) is 27.6. The first-order valence-electron chi connectivity index (χ1n) is 6.44. The molecule has 0 spiro atoms. The Labute approximate surface area is 120 Å². The van der Waals surface area contributed by atoms with E-state index in [2.05, 4.69) is 5.32 Å². The van der Waals surface area contributed by atoms with Crippen molar-refractivity contribution in [3.63, 3.8) is 0 Å². The van der Waals surface area contributed by atoms with E-state index in [9.17, 15) is 8.42 Å². The third-order valence-electron chi connectivity index (χ3n) is 4.05. The number of hydrogen-bond acceptors (Lipinski definition) is 3. The lowest BCUT2D eigenvalue weighted by Gasteiger charge is -2.33. The van der Waals surface area contributed by atoms with E-state index in [1.54, 1.807) is 28.6 Å². The summed E-state index contributed by atoms with van der Waals surface area (Å²) in [6, 6.07) is 8.74. The maximum atomic E-state index is 12.5. The molecule has 2 aliphatic heterocycles. The lowest BCUT2D eigenvalue weighted by Crippen LogP contribution is -2.43. The molecule has 106 valence electrons. The van der Waals surface area contributed by atoms with Crippen molar-refractivity contribution in [2.45, 2.75) is 11.3 Å². The summed E-state index contributed by atoms with van der Waals surface area (Å²) >= 11 is 0. The lowest BCUT2D eigenvalue weighted by atomic mass is 9.90. The molecule has 2 unspecified atom stereocenters. The fourth-order valence-electron chi connectivity index (χ4n) is 2.96. The molecule has 2 atom stereocenters. The summed E-state index contributed by atoms with van der Waals surface area (Å²) in [7, 11) is -3.30. The van der Waals surface area contributed by atoms with Crippen LogP contribution in [-0.4, -0.2) is 38.9 Å². The van der Waals surface area contributed by atoms with Crippen molar-refractivity contribution in [1.29, 1.82) is 0 Å². The number of nitrogens with one attached hydrogen (secondary N) is 1. The highest BCUT2D eigenvalue weighted by molar-refractivity contribution is 7.89. The van der Waals surface area contributed by atoms with Gasteiger partial charge >= 0.3 is 0 Å². The average Bonchev–Trinajstić information content (AvgIpc) is 2.87. The molecule has 2 saturated heterocycles. The van der Waals surface area contributed by atoms with Crippen molar-refractivity contribution in [2.24, 2.45) is 11.8 Å². The van der Waals surface area contributed by atoms with Crippen molar-refractivity contribution in [1.82, 2.24) is 9.62 Å². The van der Waals surface area contributed by atoms with E-state index >= 15 is 0 Å². The second-order valence-electron chi connectivity index (χ2n) is 5.14. The van der Waals surface area contributed by atoms with Crippen LogP contribution < -0.4 is 5.32 Å². The van der Waals surface area contributed by atoms with Gasteiger partial charge in [-0.2, -0.15) is 4.31 Å². The Kier molecular flexibility index (Phi) is 4.50. The summed E-state index contributed by atoms with van der Waals surface area (Å²) in [6.45, 7) is 3.31. The minimum Gasteiger partial charge on any atom is -0.316 e. The molecule has 1 aromatic rings. The van der Waals surface area contributed by atoms with Crippen LogP contribution in [0.25, 0.3) is 0 Å². The third kappa shape index (κ3) is 2.79. The molecule has 2 heterocycles. The number of halogens is 1. The van der Waals surface area contributed by atoms with Gasteiger partial charge in [0, 0.05) is 13.1 Å². The van der Waals surface area contributed by atoms with Gasteiger partial charge in [0.2, 0.25) is 10.0 Å². The van der Waals surface area contributed by atoms with Crippen molar-refractivity contribution >= 4 is 22.4 Å². The van der Waals surface area contributed by atoms with E-state index in [1.165, 1.54) is 0 Å². The average molecular weight is 303 g/mol. The minimum atomic E-state index is -3.30. The molecule has 0 saturated carbocycles. The molecule has 0 aromatic heterocycles. The number of sulfonamides is 1. The largest absolute Gasteiger partial charge is 0.316 e. The number of fused-ring (bicyclic) bond motifs is 1. The molecule has 1 N–H and O–H groups in total. The molecule has 3 rings (SSSR count). The summed E-state index contributed by atoms with van der Waals surface area (Å²) in [6.07, 6.45) is 0.976. The molecule has 6 heteroatoms. The summed E-state index contributed by atoms with van der Waals surface area (Å²) < 4.78 is 26.6. The lowest BCUT2D eigenvalue weighted by molar-refractivity contribution is 0.228. The molecular formula is C13H19ClN2O2S. The van der Waals surface area contributed by atoms with Gasteiger partial charge in [0.25, 0.3) is 0 Å². The monoisotopic (exact) mass is 302 g/mol. The van der Waals surface area contributed by atoms with Gasteiger partial charge in [-0.1, -0.05) is 18.2 Å². The molecule has 0 amide bonds. The first-order valence-corrected chi connectivity index (χ1v) is 7.88. The minimum absolute atomic E-state index is 0. The van der Waals surface area contributed by atoms with Gasteiger partial charge in [-0.05, 0) is 43.5 Å². The van der Waals surface area contributed by atoms with Crippen molar-refractivity contribution < 1.29 is 8.42 Å². The number of rotatable bonds is 2. The van der Waals surface area contributed by atoms with E-state index in [0.29, 0.717) is 29.8 Å². The molecule has 1 aromatic carbocycles. The smallest absolute Gasteiger partial charge is 0.243 e. The van der Waals surface area contributed by atoms with Crippen LogP contribution in [0.2, 0.25) is 0 Å². The zero-order valence-corrected chi connectivity index (χ0v) is 12.3. The Morgan fingerprint density at radius 2 is 1.79 bits per heavy atom. The van der Waals surface area contributed by atoms with Crippen LogP contribution in [0.5, 0.6) is 0 Å². The van der Waals surface area contributed by atoms with Gasteiger partial charge in [-0.15, -0.1) is 12.4 Å². The highest BCUT2D eigenvalue weighted by Crippen LogP contribution is 2.29. The number of benzene rings is 1. The van der Waals surface area contributed by atoms with Gasteiger partial charge in [0.15, 0.2) is 0 Å². The fraction of sp³-hybridized carbons (Fsp3) is 0.538. The predicted molar refractivity (Wildman–Crippen MR) is 76.9 cm³/mol. The van der Waals surface area contributed by atoms with Gasteiger partial charge < -0.3 is 5.32 Å². The van der Waals surface area contributed by atoms with Gasteiger partial charge in [0.1, 0.15) is 0 Å². The predicted octanol–water partition coefficient (Wildman–Crippen LogP) is 1.34. The molecule has 0 bridgehead atoms. The summed E-state index contributed by atoms with van der Waals surface area (Å²) in [5.74, 6) is 1.14. The highest BCUT2D eigenvalue weighted by Gasteiger charge is 2.37. The van der Waals surface area contributed by atoms with Gasteiger partial charge in [0.05, 0.1) is 4.90 Å². The molecule has 19 heavy (non-hydrogen) atoms. The van der Waals surface area contributed by atoms with Crippen LogP contribution in [0.1, 0.15) is 6.42 Å². The van der Waals surface area contributed by atoms with Crippen LogP contribution in [0, 0.1) is 11.8 Å².